The Morgan fingerprint density at radius 3 is 2.17 bits per heavy atom. The number of likely N-dealkylation sites (N-methyl/N-ethyl adjacent to an activating group) is 1. The SMILES string of the molecule is CC(=O)c1cc2ccc(Br)cc2[nH]1.CC(C)(C)OC(=O)n1ncc2cc(Nc3ccnc(Cl)n3)ccc21.CNC(C)COC.Cc1nccc(Nc2ccc(C3=CCN=C3)cc2)n1.NC1CCOC1.O=C(O)c1cc2ccc(Br)cc2s1. The third-order valence-corrected chi connectivity index (χ3v) is 13.7. The van der Waals surface area contributed by atoms with Gasteiger partial charge in [-0.15, -0.1) is 11.3 Å². The van der Waals surface area contributed by atoms with Crippen LogP contribution in [0.2, 0.25) is 5.28 Å². The molecule has 23 heteroatoms. The molecule has 0 amide bonds. The Balaban J connectivity index is 0.000000167. The summed E-state index contributed by atoms with van der Waals surface area (Å²) in [6, 6.07) is 33.3. The molecule has 4 aromatic carbocycles. The molecule has 430 valence electrons. The number of fused-ring (bicyclic) bond motifs is 3. The number of ketones is 1. The number of aromatic nitrogens is 7. The number of halogens is 3. The van der Waals surface area contributed by atoms with Crippen LogP contribution in [-0.4, -0.2) is 122 Å². The molecule has 0 radical (unpaired) electrons. The number of ether oxygens (including phenoxy) is 3. The maximum absolute atomic E-state index is 12.2. The number of nitrogens with two attached hydrogens (primary N) is 1. The van der Waals surface area contributed by atoms with Gasteiger partial charge in [-0.2, -0.15) is 9.78 Å². The minimum Gasteiger partial charge on any atom is -0.477 e. The zero-order valence-corrected chi connectivity index (χ0v) is 51.3. The number of Topliss-reactive ketones (excluding diaryl/α,β-unsaturated/α-hetero) is 1. The fourth-order valence-corrected chi connectivity index (χ4v) is 9.33. The molecule has 11 rings (SSSR count). The van der Waals surface area contributed by atoms with E-state index in [-0.39, 0.29) is 11.1 Å². The van der Waals surface area contributed by atoms with Crippen LogP contribution in [-0.2, 0) is 14.2 Å². The lowest BCUT2D eigenvalue weighted by atomic mass is 10.1. The number of allylic oxidation sites excluding steroid dienone is 1. The number of H-pyrrole nitrogens is 1. The van der Waals surface area contributed by atoms with E-state index < -0.39 is 17.7 Å². The molecule has 7 N–H and O–H groups in total. The first-order chi connectivity index (χ1) is 39.2. The summed E-state index contributed by atoms with van der Waals surface area (Å²) >= 11 is 13.8. The molecular formula is C59H65Br2ClN12O7S. The Labute approximate surface area is 501 Å². The quantitative estimate of drug-likeness (QED) is 0.0549. The number of aromatic amines is 1. The molecule has 0 aliphatic carbocycles. The molecule has 1 fully saturated rings. The maximum atomic E-state index is 12.2. The number of hydrogen-bond donors (Lipinski definition) is 6. The average molecular weight is 1280 g/mol. The largest absolute Gasteiger partial charge is 0.477 e. The second-order valence-corrected chi connectivity index (χ2v) is 22.6. The number of anilines is 4. The van der Waals surface area contributed by atoms with Gasteiger partial charge in [-0.05, 0) is 155 Å². The lowest BCUT2D eigenvalue weighted by Crippen LogP contribution is -2.27. The average Bonchev–Trinajstić information content (AvgIpc) is 4.37. The summed E-state index contributed by atoms with van der Waals surface area (Å²) in [5.41, 5.74) is 11.3. The number of carboxylic acids is 1. The summed E-state index contributed by atoms with van der Waals surface area (Å²) in [5, 5.41) is 25.3. The third kappa shape index (κ3) is 20.6. The van der Waals surface area contributed by atoms with Gasteiger partial charge < -0.3 is 46.0 Å². The van der Waals surface area contributed by atoms with Gasteiger partial charge in [-0.3, -0.25) is 9.79 Å². The van der Waals surface area contributed by atoms with Crippen LogP contribution in [0.15, 0.2) is 142 Å². The number of aliphatic imine (C=N–C) groups is 1. The van der Waals surface area contributed by atoms with Gasteiger partial charge in [0.2, 0.25) is 5.28 Å². The van der Waals surface area contributed by atoms with E-state index in [0.29, 0.717) is 34.0 Å². The van der Waals surface area contributed by atoms with E-state index in [2.05, 4.69) is 108 Å². The topological polar surface area (TPSA) is 259 Å². The van der Waals surface area contributed by atoms with Crippen LogP contribution in [0, 0.1) is 6.92 Å². The van der Waals surface area contributed by atoms with Crippen LogP contribution in [0.4, 0.5) is 27.8 Å². The fraction of sp³-hybridized carbons (Fsp3) is 0.271. The van der Waals surface area contributed by atoms with Crippen molar-refractivity contribution in [3.05, 3.63) is 164 Å². The van der Waals surface area contributed by atoms with Gasteiger partial charge in [0.25, 0.3) is 0 Å². The smallest absolute Gasteiger partial charge is 0.435 e. The van der Waals surface area contributed by atoms with Crippen molar-refractivity contribution in [1.82, 2.24) is 40.0 Å². The number of carbonyl (C=O) groups is 3. The Morgan fingerprint density at radius 2 is 1.59 bits per heavy atom. The molecule has 82 heavy (non-hydrogen) atoms. The summed E-state index contributed by atoms with van der Waals surface area (Å²) in [6.45, 7) is 14.1. The van der Waals surface area contributed by atoms with Crippen molar-refractivity contribution in [2.45, 2.75) is 65.6 Å². The van der Waals surface area contributed by atoms with Crippen LogP contribution in [0.5, 0.6) is 0 Å². The normalized spacial score (nSPS) is 13.6. The van der Waals surface area contributed by atoms with Gasteiger partial charge in [0.1, 0.15) is 27.9 Å². The second-order valence-electron chi connectivity index (χ2n) is 19.3. The van der Waals surface area contributed by atoms with Crippen LogP contribution in [0.3, 0.4) is 0 Å². The van der Waals surface area contributed by atoms with Crippen molar-refractivity contribution in [3.63, 3.8) is 0 Å². The molecule has 5 aromatic heterocycles. The standard InChI is InChI=1S/C16H16ClN5O2.C15H14N4.C10H8BrNO.C9H5BrO2S.C5H13NO.C4H9NO/c1-16(2,3)24-15(23)22-12-5-4-11(8-10(12)9-19-22)20-13-6-7-18-14(17)21-13;1-11-17-9-7-15(18-11)19-14-4-2-12(3-5-14)13-6-8-16-10-13;1-6(13)9-4-7-2-3-8(11)5-10(7)12-9;10-6-2-1-5-3-8(9(11)12)13-7(5)4-6;1-5(6-2)4-7-3;5-4-1-2-6-3-4/h4-9H,1-3H3,(H,18,20,21);2-7,9-10H,8H2,1H3,(H,17,18,19);2-5,12H,1H3;1-4H,(H,11,12);5-6H,4H2,1-3H3;4H,1-3,5H2. The molecule has 2 aliphatic heterocycles. The number of aryl methyl sites for hydroxylation is 1. The van der Waals surface area contributed by atoms with Crippen LogP contribution >= 0.6 is 54.8 Å². The monoisotopic (exact) mass is 1280 g/mol. The molecular weight excluding hydrogens is 1220 g/mol. The number of methoxy groups -OCH3 is 1. The van der Waals surface area contributed by atoms with E-state index in [9.17, 15) is 14.4 Å². The minimum absolute atomic E-state index is 0.0623. The van der Waals surface area contributed by atoms with Crippen molar-refractivity contribution in [2.75, 3.05) is 51.2 Å². The molecule has 19 nitrogen and oxygen atoms in total. The molecule has 7 heterocycles. The van der Waals surface area contributed by atoms with Gasteiger partial charge >= 0.3 is 12.1 Å². The summed E-state index contributed by atoms with van der Waals surface area (Å²) < 4.78 is 19.3. The predicted octanol–water partition coefficient (Wildman–Crippen LogP) is 13.5. The van der Waals surface area contributed by atoms with Crippen molar-refractivity contribution >= 4 is 139 Å². The van der Waals surface area contributed by atoms with Gasteiger partial charge in [0, 0.05) is 92.6 Å². The highest BCUT2D eigenvalue weighted by Gasteiger charge is 2.20. The van der Waals surface area contributed by atoms with E-state index in [1.165, 1.54) is 27.2 Å². The molecule has 0 bridgehead atoms. The molecule has 2 unspecified atom stereocenters. The number of hydrogen-bond acceptors (Lipinski definition) is 17. The number of nitrogens with zero attached hydrogens (tertiary/aromatic N) is 7. The zero-order valence-electron chi connectivity index (χ0n) is 46.5. The highest BCUT2D eigenvalue weighted by atomic mass is 79.9. The highest BCUT2D eigenvalue weighted by Crippen LogP contribution is 2.29. The van der Waals surface area contributed by atoms with E-state index in [1.807, 2.05) is 114 Å². The van der Waals surface area contributed by atoms with Crippen LogP contribution in [0.25, 0.3) is 37.5 Å². The highest BCUT2D eigenvalue weighted by molar-refractivity contribution is 9.10. The summed E-state index contributed by atoms with van der Waals surface area (Å²) in [6.07, 6.45) is 9.49. The summed E-state index contributed by atoms with van der Waals surface area (Å²) in [5.74, 6) is 1.34. The van der Waals surface area contributed by atoms with Gasteiger partial charge in [0.05, 0.1) is 37.2 Å². The number of carboxylic acid groups (broad SMARTS) is 1. The Hall–Kier alpha value is -7.28. The summed E-state index contributed by atoms with van der Waals surface area (Å²) in [7, 11) is 3.62. The first kappa shape index (κ1) is 63.9. The number of benzene rings is 4. The van der Waals surface area contributed by atoms with E-state index in [0.717, 1.165) is 91.1 Å². The first-order valence-electron chi connectivity index (χ1n) is 25.7. The lowest BCUT2D eigenvalue weighted by molar-refractivity contribution is 0.0522. The van der Waals surface area contributed by atoms with Crippen molar-refractivity contribution in [1.29, 1.82) is 0 Å². The lowest BCUT2D eigenvalue weighted by Gasteiger charge is -2.19. The molecule has 1 saturated heterocycles. The van der Waals surface area contributed by atoms with Gasteiger partial charge in [-0.25, -0.2) is 29.5 Å². The molecule has 9 aromatic rings. The molecule has 2 atom stereocenters. The van der Waals surface area contributed by atoms with Gasteiger partial charge in [0.15, 0.2) is 5.78 Å². The number of carbonyl (C=O) groups excluding carboxylic acids is 2. The maximum Gasteiger partial charge on any atom is 0.435 e. The van der Waals surface area contributed by atoms with Crippen molar-refractivity contribution in [2.24, 2.45) is 10.7 Å². The minimum atomic E-state index is -0.864. The van der Waals surface area contributed by atoms with E-state index in [4.69, 9.17) is 36.7 Å². The third-order valence-electron chi connectivity index (χ3n) is 11.5. The molecule has 0 spiro atoms. The number of thiophene rings is 1. The number of aromatic carboxylic acids is 1. The number of nitrogens with one attached hydrogen (secondary N) is 4. The Morgan fingerprint density at radius 1 is 0.902 bits per heavy atom. The van der Waals surface area contributed by atoms with Crippen LogP contribution in [0.1, 0.15) is 72.6 Å². The molecule has 0 saturated carbocycles. The number of rotatable bonds is 10. The van der Waals surface area contributed by atoms with Crippen molar-refractivity contribution < 1.29 is 33.7 Å². The molecule has 2 aliphatic rings. The summed E-state index contributed by atoms with van der Waals surface area (Å²) in [4.78, 5) is 57.8. The zero-order chi connectivity index (χ0) is 59.3. The van der Waals surface area contributed by atoms with Gasteiger partial charge in [-0.1, -0.05) is 62.2 Å². The van der Waals surface area contributed by atoms with Crippen molar-refractivity contribution in [3.8, 4) is 0 Å². The van der Waals surface area contributed by atoms with E-state index >= 15 is 0 Å². The first-order valence-corrected chi connectivity index (χ1v) is 28.5. The second kappa shape index (κ2) is 31.2. The fourth-order valence-electron chi connectivity index (χ4n) is 7.37. The Kier molecular flexibility index (Phi) is 24.3. The van der Waals surface area contributed by atoms with Crippen LogP contribution < -0.4 is 21.7 Å². The predicted molar refractivity (Wildman–Crippen MR) is 336 cm³/mol. The van der Waals surface area contributed by atoms with E-state index in [1.54, 1.807) is 50.8 Å². The Bertz CT molecular complexity index is 3540.